The number of fused-ring (bicyclic) bond motifs is 1. The fourth-order valence-corrected chi connectivity index (χ4v) is 2.08. The second-order valence-corrected chi connectivity index (χ2v) is 4.55. The highest BCUT2D eigenvalue weighted by Gasteiger charge is 2.36. The molecule has 1 aliphatic rings. The van der Waals surface area contributed by atoms with Crippen molar-refractivity contribution in [3.8, 4) is 0 Å². The van der Waals surface area contributed by atoms with Crippen LogP contribution in [0.15, 0.2) is 24.3 Å². The van der Waals surface area contributed by atoms with E-state index in [2.05, 4.69) is 11.4 Å². The fourth-order valence-electron chi connectivity index (χ4n) is 2.08. The van der Waals surface area contributed by atoms with Crippen molar-refractivity contribution in [1.29, 1.82) is 0 Å². The van der Waals surface area contributed by atoms with Crippen LogP contribution in [-0.4, -0.2) is 30.0 Å². The number of ether oxygens (including phenoxy) is 1. The maximum Gasteiger partial charge on any atom is 0.105 e. The number of anilines is 1. The summed E-state index contributed by atoms with van der Waals surface area (Å²) >= 11 is 0. The zero-order valence-electron chi connectivity index (χ0n) is 9.86. The van der Waals surface area contributed by atoms with Crippen LogP contribution < -0.4 is 5.32 Å². The Morgan fingerprint density at radius 2 is 2.25 bits per heavy atom. The Bertz CT molecular complexity index is 338. The van der Waals surface area contributed by atoms with Crippen LogP contribution in [0, 0.1) is 0 Å². The molecule has 2 N–H and O–H groups in total. The van der Waals surface area contributed by atoms with E-state index in [4.69, 9.17) is 4.74 Å². The summed E-state index contributed by atoms with van der Waals surface area (Å²) in [4.78, 5) is 0. The van der Waals surface area contributed by atoms with Crippen LogP contribution in [-0.2, 0) is 11.2 Å². The van der Waals surface area contributed by atoms with E-state index in [1.54, 1.807) is 0 Å². The lowest BCUT2D eigenvalue weighted by molar-refractivity contribution is -0.0411. The first-order valence-corrected chi connectivity index (χ1v) is 5.78. The SMILES string of the molecule is CCOCC(C)(O)C1Cc2ccccc2N1. The molecule has 0 amide bonds. The van der Waals surface area contributed by atoms with E-state index in [0.717, 1.165) is 12.1 Å². The maximum atomic E-state index is 10.3. The molecule has 0 fully saturated rings. The number of benzene rings is 1. The number of hydrogen-bond donors (Lipinski definition) is 2. The number of rotatable bonds is 4. The van der Waals surface area contributed by atoms with Crippen molar-refractivity contribution >= 4 is 5.69 Å². The van der Waals surface area contributed by atoms with Crippen LogP contribution >= 0.6 is 0 Å². The minimum Gasteiger partial charge on any atom is -0.386 e. The molecule has 3 heteroatoms. The van der Waals surface area contributed by atoms with Gasteiger partial charge in [-0.3, -0.25) is 0 Å². The summed E-state index contributed by atoms with van der Waals surface area (Å²) in [5, 5.41) is 13.7. The highest BCUT2D eigenvalue weighted by atomic mass is 16.5. The Morgan fingerprint density at radius 1 is 1.50 bits per heavy atom. The fraction of sp³-hybridized carbons (Fsp3) is 0.538. The lowest BCUT2D eigenvalue weighted by Gasteiger charge is -2.30. The van der Waals surface area contributed by atoms with Gasteiger partial charge in [0.2, 0.25) is 0 Å². The second kappa shape index (κ2) is 4.44. The van der Waals surface area contributed by atoms with Gasteiger partial charge < -0.3 is 15.2 Å². The molecule has 0 spiro atoms. The van der Waals surface area contributed by atoms with E-state index >= 15 is 0 Å². The van der Waals surface area contributed by atoms with E-state index in [9.17, 15) is 5.11 Å². The first-order chi connectivity index (χ1) is 7.63. The molecule has 88 valence electrons. The standard InChI is InChI=1S/C13H19NO2/c1-3-16-9-13(2,15)12-8-10-6-4-5-7-11(10)14-12/h4-7,12,14-15H,3,8-9H2,1-2H3. The quantitative estimate of drug-likeness (QED) is 0.814. The molecular weight excluding hydrogens is 202 g/mol. The minimum absolute atomic E-state index is 0.0384. The van der Waals surface area contributed by atoms with Crippen LogP contribution in [0.4, 0.5) is 5.69 Å². The normalized spacial score (nSPS) is 22.3. The first kappa shape index (κ1) is 11.4. The molecule has 16 heavy (non-hydrogen) atoms. The van der Waals surface area contributed by atoms with Gasteiger partial charge in [0.25, 0.3) is 0 Å². The summed E-state index contributed by atoms with van der Waals surface area (Å²) in [6.07, 6.45) is 0.857. The minimum atomic E-state index is -0.824. The molecule has 2 rings (SSSR count). The predicted molar refractivity (Wildman–Crippen MR) is 64.7 cm³/mol. The Balaban J connectivity index is 2.05. The Kier molecular flexibility index (Phi) is 3.17. The molecule has 0 bridgehead atoms. The molecule has 2 unspecified atom stereocenters. The topological polar surface area (TPSA) is 41.5 Å². The van der Waals surface area contributed by atoms with E-state index < -0.39 is 5.60 Å². The van der Waals surface area contributed by atoms with E-state index in [1.165, 1.54) is 5.56 Å². The van der Waals surface area contributed by atoms with E-state index in [-0.39, 0.29) is 6.04 Å². The molecule has 0 aromatic heterocycles. The van der Waals surface area contributed by atoms with Gasteiger partial charge in [-0.1, -0.05) is 18.2 Å². The van der Waals surface area contributed by atoms with Gasteiger partial charge in [0.15, 0.2) is 0 Å². The average Bonchev–Trinajstić information content (AvgIpc) is 2.71. The van der Waals surface area contributed by atoms with Crippen LogP contribution in [0.25, 0.3) is 0 Å². The molecule has 1 aromatic carbocycles. The third-order valence-corrected chi connectivity index (χ3v) is 3.12. The Morgan fingerprint density at radius 3 is 2.94 bits per heavy atom. The third-order valence-electron chi connectivity index (χ3n) is 3.12. The van der Waals surface area contributed by atoms with Gasteiger partial charge in [0, 0.05) is 12.3 Å². The summed E-state index contributed by atoms with van der Waals surface area (Å²) in [7, 11) is 0. The predicted octanol–water partition coefficient (Wildman–Crippen LogP) is 1.81. The van der Waals surface area contributed by atoms with Gasteiger partial charge in [-0.2, -0.15) is 0 Å². The summed E-state index contributed by atoms with van der Waals surface area (Å²) < 4.78 is 5.32. The molecule has 0 saturated heterocycles. The van der Waals surface area contributed by atoms with Crippen molar-refractivity contribution in [2.75, 3.05) is 18.5 Å². The maximum absolute atomic E-state index is 10.3. The molecule has 1 aromatic rings. The van der Waals surface area contributed by atoms with Crippen LogP contribution in [0.3, 0.4) is 0 Å². The van der Waals surface area contributed by atoms with Gasteiger partial charge >= 0.3 is 0 Å². The zero-order valence-corrected chi connectivity index (χ0v) is 9.86. The van der Waals surface area contributed by atoms with Crippen molar-refractivity contribution in [2.45, 2.75) is 31.9 Å². The van der Waals surface area contributed by atoms with Gasteiger partial charge in [-0.15, -0.1) is 0 Å². The monoisotopic (exact) mass is 221 g/mol. The van der Waals surface area contributed by atoms with E-state index in [1.807, 2.05) is 32.0 Å². The van der Waals surface area contributed by atoms with Crippen LogP contribution in [0.1, 0.15) is 19.4 Å². The number of aliphatic hydroxyl groups is 1. The zero-order chi connectivity index (χ0) is 11.6. The van der Waals surface area contributed by atoms with Crippen molar-refractivity contribution in [3.05, 3.63) is 29.8 Å². The molecule has 3 nitrogen and oxygen atoms in total. The molecular formula is C13H19NO2. The van der Waals surface area contributed by atoms with Crippen molar-refractivity contribution in [3.63, 3.8) is 0 Å². The van der Waals surface area contributed by atoms with Crippen LogP contribution in [0.5, 0.6) is 0 Å². The van der Waals surface area contributed by atoms with Crippen molar-refractivity contribution < 1.29 is 9.84 Å². The third kappa shape index (κ3) is 2.20. The van der Waals surface area contributed by atoms with Gasteiger partial charge in [-0.25, -0.2) is 0 Å². The lowest BCUT2D eigenvalue weighted by Crippen LogP contribution is -2.47. The number of para-hydroxylation sites is 1. The molecule has 0 aliphatic carbocycles. The molecule has 0 saturated carbocycles. The van der Waals surface area contributed by atoms with Crippen molar-refractivity contribution in [1.82, 2.24) is 0 Å². The molecule has 1 aliphatic heterocycles. The Labute approximate surface area is 96.4 Å². The summed E-state index contributed by atoms with van der Waals surface area (Å²) in [5.41, 5.74) is 1.57. The smallest absolute Gasteiger partial charge is 0.105 e. The molecule has 0 radical (unpaired) electrons. The highest BCUT2D eigenvalue weighted by molar-refractivity contribution is 5.57. The number of nitrogens with one attached hydrogen (secondary N) is 1. The average molecular weight is 221 g/mol. The lowest BCUT2D eigenvalue weighted by atomic mass is 9.94. The van der Waals surface area contributed by atoms with Crippen molar-refractivity contribution in [2.24, 2.45) is 0 Å². The van der Waals surface area contributed by atoms with E-state index in [0.29, 0.717) is 13.2 Å². The Hall–Kier alpha value is -1.06. The van der Waals surface area contributed by atoms with Gasteiger partial charge in [0.1, 0.15) is 5.60 Å². The van der Waals surface area contributed by atoms with Crippen LogP contribution in [0.2, 0.25) is 0 Å². The molecule has 2 atom stereocenters. The van der Waals surface area contributed by atoms with Gasteiger partial charge in [0.05, 0.1) is 12.6 Å². The molecule has 1 heterocycles. The second-order valence-electron chi connectivity index (χ2n) is 4.55. The summed E-state index contributed by atoms with van der Waals surface area (Å²) in [5.74, 6) is 0. The largest absolute Gasteiger partial charge is 0.386 e. The summed E-state index contributed by atoms with van der Waals surface area (Å²) in [6.45, 7) is 4.77. The first-order valence-electron chi connectivity index (χ1n) is 5.78. The van der Waals surface area contributed by atoms with Gasteiger partial charge in [-0.05, 0) is 31.9 Å². The summed E-state index contributed by atoms with van der Waals surface area (Å²) in [6, 6.07) is 8.22. The highest BCUT2D eigenvalue weighted by Crippen LogP contribution is 2.30. The number of hydrogen-bond acceptors (Lipinski definition) is 3.